The van der Waals surface area contributed by atoms with Gasteiger partial charge in [-0.05, 0) is 31.0 Å². The highest BCUT2D eigenvalue weighted by molar-refractivity contribution is 7.89. The fraction of sp³-hybridized carbons (Fsp3) is 0.286. The number of benzene rings is 1. The van der Waals surface area contributed by atoms with Crippen molar-refractivity contribution in [3.8, 4) is 0 Å². The topological polar surface area (TPSA) is 94.7 Å². The van der Waals surface area contributed by atoms with Crippen molar-refractivity contribution in [2.75, 3.05) is 6.54 Å². The summed E-state index contributed by atoms with van der Waals surface area (Å²) >= 11 is 0. The molecule has 2 N–H and O–H groups in total. The van der Waals surface area contributed by atoms with E-state index in [-0.39, 0.29) is 10.8 Å². The van der Waals surface area contributed by atoms with Crippen LogP contribution >= 0.6 is 0 Å². The Morgan fingerprint density at radius 1 is 1.35 bits per heavy atom. The number of halogens is 1. The molecule has 1 aliphatic heterocycles. The maximum atomic E-state index is 13.3. The Morgan fingerprint density at radius 3 is 3.00 bits per heavy atom. The molecule has 120 valence electrons. The van der Waals surface area contributed by atoms with Crippen LogP contribution in [0.4, 0.5) is 4.39 Å². The molecule has 1 unspecified atom stereocenters. The molecule has 7 nitrogen and oxygen atoms in total. The van der Waals surface area contributed by atoms with E-state index in [0.717, 1.165) is 6.42 Å². The Kier molecular flexibility index (Phi) is 3.20. The zero-order chi connectivity index (χ0) is 16.0. The first kappa shape index (κ1) is 14.3. The predicted octanol–water partition coefficient (Wildman–Crippen LogP) is 1.95. The molecular weight excluding hydrogens is 321 g/mol. The van der Waals surface area contributed by atoms with Gasteiger partial charge in [-0.2, -0.15) is 4.31 Å². The van der Waals surface area contributed by atoms with Crippen LogP contribution in [0.5, 0.6) is 0 Å². The fourth-order valence-electron chi connectivity index (χ4n) is 2.97. The van der Waals surface area contributed by atoms with Crippen molar-refractivity contribution in [1.82, 2.24) is 24.2 Å². The van der Waals surface area contributed by atoms with E-state index in [9.17, 15) is 12.8 Å². The fourth-order valence-corrected chi connectivity index (χ4v) is 4.53. The van der Waals surface area contributed by atoms with Gasteiger partial charge < -0.3 is 9.97 Å². The average Bonchev–Trinajstić information content (AvgIpc) is 3.25. The van der Waals surface area contributed by atoms with Crippen LogP contribution < -0.4 is 0 Å². The largest absolute Gasteiger partial charge is 0.341 e. The molecule has 3 heterocycles. The minimum Gasteiger partial charge on any atom is -0.341 e. The number of aromatic amines is 2. The van der Waals surface area contributed by atoms with Crippen LogP contribution in [-0.2, 0) is 10.0 Å². The summed E-state index contributed by atoms with van der Waals surface area (Å²) in [4.78, 5) is 13.9. The first-order valence-electron chi connectivity index (χ1n) is 7.21. The van der Waals surface area contributed by atoms with Crippen molar-refractivity contribution >= 4 is 21.1 Å². The van der Waals surface area contributed by atoms with Crippen LogP contribution in [0.3, 0.4) is 0 Å². The van der Waals surface area contributed by atoms with E-state index in [4.69, 9.17) is 0 Å². The highest BCUT2D eigenvalue weighted by Gasteiger charge is 2.38. The molecule has 1 aromatic carbocycles. The number of imidazole rings is 2. The average molecular weight is 335 g/mol. The quantitative estimate of drug-likeness (QED) is 0.765. The van der Waals surface area contributed by atoms with Gasteiger partial charge in [-0.1, -0.05) is 0 Å². The van der Waals surface area contributed by atoms with Gasteiger partial charge in [0.2, 0.25) is 0 Å². The lowest BCUT2D eigenvalue weighted by Gasteiger charge is -2.21. The minimum absolute atomic E-state index is 0.0616. The number of H-pyrrole nitrogens is 2. The highest BCUT2D eigenvalue weighted by atomic mass is 32.2. The lowest BCUT2D eigenvalue weighted by Crippen LogP contribution is -2.31. The van der Waals surface area contributed by atoms with Gasteiger partial charge in [-0.3, -0.25) is 0 Å². The second kappa shape index (κ2) is 5.14. The number of rotatable bonds is 3. The van der Waals surface area contributed by atoms with Crippen molar-refractivity contribution in [2.45, 2.75) is 23.9 Å². The maximum absolute atomic E-state index is 13.3. The monoisotopic (exact) mass is 335 g/mol. The summed E-state index contributed by atoms with van der Waals surface area (Å²) in [6.45, 7) is 0.414. The lowest BCUT2D eigenvalue weighted by molar-refractivity contribution is 0.384. The number of fused-ring (bicyclic) bond motifs is 1. The lowest BCUT2D eigenvalue weighted by atomic mass is 10.2. The van der Waals surface area contributed by atoms with Crippen molar-refractivity contribution in [3.63, 3.8) is 0 Å². The van der Waals surface area contributed by atoms with Crippen LogP contribution in [-0.4, -0.2) is 39.2 Å². The zero-order valence-corrected chi connectivity index (χ0v) is 12.8. The molecule has 1 atom stereocenters. The summed E-state index contributed by atoms with van der Waals surface area (Å²) in [5.74, 6) is 0.173. The number of sulfonamides is 1. The molecule has 0 saturated carbocycles. The van der Waals surface area contributed by atoms with E-state index in [1.807, 2.05) is 0 Å². The molecule has 0 bridgehead atoms. The van der Waals surface area contributed by atoms with E-state index in [1.54, 1.807) is 6.07 Å². The molecule has 0 aliphatic carbocycles. The SMILES string of the molecule is O=S(=O)(c1cnc[nH]1)N1CCCC1c1nc2ccc(F)cc2[nH]1. The van der Waals surface area contributed by atoms with Crippen molar-refractivity contribution in [3.05, 3.63) is 42.4 Å². The number of aromatic nitrogens is 4. The summed E-state index contributed by atoms with van der Waals surface area (Å²) in [6.07, 6.45) is 4.03. The smallest absolute Gasteiger partial charge is 0.260 e. The van der Waals surface area contributed by atoms with Gasteiger partial charge in [0.25, 0.3) is 10.0 Å². The van der Waals surface area contributed by atoms with E-state index in [1.165, 1.54) is 29.0 Å². The van der Waals surface area contributed by atoms with Gasteiger partial charge in [0, 0.05) is 6.54 Å². The third kappa shape index (κ3) is 2.32. The van der Waals surface area contributed by atoms with Crippen LogP contribution in [0, 0.1) is 5.82 Å². The minimum atomic E-state index is -3.66. The van der Waals surface area contributed by atoms with Crippen LogP contribution in [0.25, 0.3) is 11.0 Å². The van der Waals surface area contributed by atoms with Crippen LogP contribution in [0.2, 0.25) is 0 Å². The van der Waals surface area contributed by atoms with E-state index < -0.39 is 16.1 Å². The van der Waals surface area contributed by atoms with Gasteiger partial charge in [-0.15, -0.1) is 0 Å². The van der Waals surface area contributed by atoms with Crippen molar-refractivity contribution in [1.29, 1.82) is 0 Å². The molecule has 3 aromatic rings. The number of hydrogen-bond donors (Lipinski definition) is 2. The third-order valence-corrected chi connectivity index (χ3v) is 5.87. The molecular formula is C14H14FN5O2S. The molecule has 0 spiro atoms. The Labute approximate surface area is 131 Å². The number of nitrogens with zero attached hydrogens (tertiary/aromatic N) is 3. The first-order chi connectivity index (χ1) is 11.1. The molecule has 1 saturated heterocycles. The Morgan fingerprint density at radius 2 is 2.22 bits per heavy atom. The maximum Gasteiger partial charge on any atom is 0.260 e. The van der Waals surface area contributed by atoms with Crippen molar-refractivity contribution < 1.29 is 12.8 Å². The van der Waals surface area contributed by atoms with Crippen molar-refractivity contribution in [2.24, 2.45) is 0 Å². The predicted molar refractivity (Wildman–Crippen MR) is 80.5 cm³/mol. The van der Waals surface area contributed by atoms with E-state index in [2.05, 4.69) is 19.9 Å². The van der Waals surface area contributed by atoms with Crippen LogP contribution in [0.1, 0.15) is 24.7 Å². The summed E-state index contributed by atoms with van der Waals surface area (Å²) in [7, 11) is -3.66. The molecule has 0 radical (unpaired) electrons. The normalized spacial score (nSPS) is 19.6. The Bertz CT molecular complexity index is 951. The van der Waals surface area contributed by atoms with E-state index in [0.29, 0.717) is 29.8 Å². The molecule has 1 fully saturated rings. The number of hydrogen-bond acceptors (Lipinski definition) is 4. The van der Waals surface area contributed by atoms with Crippen LogP contribution in [0.15, 0.2) is 35.7 Å². The summed E-state index contributed by atoms with van der Waals surface area (Å²) < 4.78 is 40.1. The second-order valence-electron chi connectivity index (χ2n) is 5.47. The first-order valence-corrected chi connectivity index (χ1v) is 8.65. The summed E-state index contributed by atoms with van der Waals surface area (Å²) in [6, 6.07) is 3.88. The van der Waals surface area contributed by atoms with Gasteiger partial charge >= 0.3 is 0 Å². The Hall–Kier alpha value is -2.26. The third-order valence-electron chi connectivity index (χ3n) is 4.04. The molecule has 9 heteroatoms. The Balaban J connectivity index is 1.75. The second-order valence-corrected chi connectivity index (χ2v) is 7.33. The standard InChI is InChI=1S/C14H14FN5O2S/c15-9-3-4-10-11(6-9)19-14(18-10)12-2-1-5-20(12)23(21,22)13-7-16-8-17-13/h3-4,6-8,12H,1-2,5H2,(H,16,17)(H,18,19). The van der Waals surface area contributed by atoms with Gasteiger partial charge in [0.05, 0.1) is 29.6 Å². The van der Waals surface area contributed by atoms with E-state index >= 15 is 0 Å². The highest BCUT2D eigenvalue weighted by Crippen LogP contribution is 2.35. The number of nitrogens with one attached hydrogen (secondary N) is 2. The molecule has 1 aliphatic rings. The van der Waals surface area contributed by atoms with Gasteiger partial charge in [0.1, 0.15) is 11.6 Å². The molecule has 0 amide bonds. The zero-order valence-electron chi connectivity index (χ0n) is 12.0. The molecule has 4 rings (SSSR count). The summed E-state index contributed by atoms with van der Waals surface area (Å²) in [5, 5.41) is 0.0616. The summed E-state index contributed by atoms with van der Waals surface area (Å²) in [5.41, 5.74) is 1.18. The molecule has 23 heavy (non-hydrogen) atoms. The molecule has 2 aromatic heterocycles. The van der Waals surface area contributed by atoms with Gasteiger partial charge in [-0.25, -0.2) is 22.8 Å². The van der Waals surface area contributed by atoms with Gasteiger partial charge in [0.15, 0.2) is 5.03 Å².